The van der Waals surface area contributed by atoms with E-state index in [4.69, 9.17) is 4.74 Å². The Morgan fingerprint density at radius 1 is 1.22 bits per heavy atom. The average Bonchev–Trinajstić information content (AvgIpc) is 2.54. The molecule has 1 aromatic rings. The molecule has 6 nitrogen and oxygen atoms in total. The lowest BCUT2D eigenvalue weighted by atomic mass is 10.1. The van der Waals surface area contributed by atoms with Crippen LogP contribution in [0.2, 0.25) is 0 Å². The Balaban J connectivity index is 0.00000484. The molecule has 1 amide bonds. The summed E-state index contributed by atoms with van der Waals surface area (Å²) in [6, 6.07) is 7.45. The van der Waals surface area contributed by atoms with Gasteiger partial charge in [-0.1, -0.05) is 12.1 Å². The Bertz CT molecular complexity index is 515. The number of hydrogen-bond acceptors (Lipinski definition) is 3. The van der Waals surface area contributed by atoms with Gasteiger partial charge in [-0.2, -0.15) is 0 Å². The Morgan fingerprint density at radius 2 is 1.83 bits per heavy atom. The van der Waals surface area contributed by atoms with Gasteiger partial charge in [-0.05, 0) is 31.5 Å². The van der Waals surface area contributed by atoms with Crippen molar-refractivity contribution in [2.24, 2.45) is 4.99 Å². The molecule has 130 valence electrons. The molecule has 1 aromatic carbocycles. The Labute approximate surface area is 155 Å². The molecule has 0 spiro atoms. The minimum absolute atomic E-state index is 0. The number of nitrogens with one attached hydrogen (secondary N) is 3. The fraction of sp³-hybridized carbons (Fsp3) is 0.500. The first kappa shape index (κ1) is 21.6. The second kappa shape index (κ2) is 10.4. The van der Waals surface area contributed by atoms with Crippen molar-refractivity contribution in [3.63, 3.8) is 0 Å². The average molecular weight is 434 g/mol. The van der Waals surface area contributed by atoms with Crippen molar-refractivity contribution >= 4 is 35.8 Å². The molecule has 3 N–H and O–H groups in total. The number of carbonyl (C=O) groups is 1. The summed E-state index contributed by atoms with van der Waals surface area (Å²) in [5.74, 6) is 0.624. The van der Waals surface area contributed by atoms with Crippen LogP contribution in [0.4, 0.5) is 0 Å². The SMILES string of the molecule is CN=C(NCc1ccc(C(=O)NC)cc1)NCC(C)(C)OC.I. The largest absolute Gasteiger partial charge is 0.377 e. The number of amides is 1. The number of ether oxygens (including phenoxy) is 1. The number of halogens is 1. The Morgan fingerprint density at radius 3 is 2.30 bits per heavy atom. The van der Waals surface area contributed by atoms with E-state index < -0.39 is 0 Å². The molecule has 0 aliphatic rings. The molecule has 0 fully saturated rings. The van der Waals surface area contributed by atoms with Crippen molar-refractivity contribution in [2.45, 2.75) is 26.0 Å². The molecule has 23 heavy (non-hydrogen) atoms. The lowest BCUT2D eigenvalue weighted by Crippen LogP contribution is -2.45. The number of rotatable bonds is 6. The van der Waals surface area contributed by atoms with Crippen molar-refractivity contribution in [1.82, 2.24) is 16.0 Å². The summed E-state index contributed by atoms with van der Waals surface area (Å²) < 4.78 is 5.36. The molecular weight excluding hydrogens is 407 g/mol. The molecule has 0 radical (unpaired) electrons. The maximum atomic E-state index is 11.5. The maximum Gasteiger partial charge on any atom is 0.251 e. The topological polar surface area (TPSA) is 74.8 Å². The molecule has 7 heteroatoms. The van der Waals surface area contributed by atoms with Gasteiger partial charge in [0.05, 0.1) is 5.60 Å². The van der Waals surface area contributed by atoms with Crippen LogP contribution in [0.3, 0.4) is 0 Å². The van der Waals surface area contributed by atoms with Crippen LogP contribution in [0.5, 0.6) is 0 Å². The molecule has 0 aliphatic carbocycles. The third-order valence-electron chi connectivity index (χ3n) is 3.36. The molecule has 0 atom stereocenters. The van der Waals surface area contributed by atoms with Crippen molar-refractivity contribution in [3.05, 3.63) is 35.4 Å². The minimum atomic E-state index is -0.257. The summed E-state index contributed by atoms with van der Waals surface area (Å²) in [4.78, 5) is 15.7. The zero-order valence-electron chi connectivity index (χ0n) is 14.4. The van der Waals surface area contributed by atoms with Gasteiger partial charge in [-0.3, -0.25) is 9.79 Å². The number of guanidine groups is 1. The van der Waals surface area contributed by atoms with Crippen molar-refractivity contribution < 1.29 is 9.53 Å². The van der Waals surface area contributed by atoms with Gasteiger partial charge in [-0.25, -0.2) is 0 Å². The number of aliphatic imine (C=N–C) groups is 1. The van der Waals surface area contributed by atoms with Crippen LogP contribution < -0.4 is 16.0 Å². The lowest BCUT2D eigenvalue weighted by molar-refractivity contribution is 0.0268. The monoisotopic (exact) mass is 434 g/mol. The van der Waals surface area contributed by atoms with Gasteiger partial charge in [0.15, 0.2) is 5.96 Å². The van der Waals surface area contributed by atoms with E-state index in [-0.39, 0.29) is 35.5 Å². The summed E-state index contributed by atoms with van der Waals surface area (Å²) >= 11 is 0. The highest BCUT2D eigenvalue weighted by atomic mass is 127. The lowest BCUT2D eigenvalue weighted by Gasteiger charge is -2.24. The third-order valence-corrected chi connectivity index (χ3v) is 3.36. The zero-order valence-corrected chi connectivity index (χ0v) is 16.7. The smallest absolute Gasteiger partial charge is 0.251 e. The highest BCUT2D eigenvalue weighted by molar-refractivity contribution is 14.0. The van der Waals surface area contributed by atoms with Crippen LogP contribution in [0.1, 0.15) is 29.8 Å². The first-order valence-electron chi connectivity index (χ1n) is 7.22. The van der Waals surface area contributed by atoms with Crippen LogP contribution in [-0.4, -0.2) is 45.2 Å². The summed E-state index contributed by atoms with van der Waals surface area (Å²) in [7, 11) is 5.03. The van der Waals surface area contributed by atoms with Gasteiger partial charge in [0.25, 0.3) is 5.91 Å². The first-order valence-corrected chi connectivity index (χ1v) is 7.22. The molecule has 0 heterocycles. The molecule has 0 aliphatic heterocycles. The van der Waals surface area contributed by atoms with Gasteiger partial charge in [0.1, 0.15) is 0 Å². The summed E-state index contributed by atoms with van der Waals surface area (Å²) in [5.41, 5.74) is 1.46. The van der Waals surface area contributed by atoms with Gasteiger partial charge >= 0.3 is 0 Å². The van der Waals surface area contributed by atoms with E-state index in [1.807, 2.05) is 26.0 Å². The van der Waals surface area contributed by atoms with Gasteiger partial charge in [0, 0.05) is 39.9 Å². The maximum absolute atomic E-state index is 11.5. The standard InChI is InChI=1S/C16H26N4O2.HI/c1-16(2,22-5)11-20-15(18-4)19-10-12-6-8-13(9-7-12)14(21)17-3;/h6-9H,10-11H2,1-5H3,(H,17,21)(H2,18,19,20);1H. The fourth-order valence-corrected chi connectivity index (χ4v) is 1.69. The predicted octanol–water partition coefficient (Wildman–Crippen LogP) is 1.75. The molecule has 0 saturated carbocycles. The molecule has 1 rings (SSSR count). The predicted molar refractivity (Wildman–Crippen MR) is 105 cm³/mol. The number of methoxy groups -OCH3 is 1. The fourth-order valence-electron chi connectivity index (χ4n) is 1.69. The highest BCUT2D eigenvalue weighted by Gasteiger charge is 2.16. The Hall–Kier alpha value is -1.35. The van der Waals surface area contributed by atoms with Crippen LogP contribution in [0.15, 0.2) is 29.3 Å². The normalized spacial score (nSPS) is 11.4. The van der Waals surface area contributed by atoms with Gasteiger partial charge < -0.3 is 20.7 Å². The minimum Gasteiger partial charge on any atom is -0.377 e. The summed E-state index contributed by atoms with van der Waals surface area (Å²) in [6.45, 7) is 5.29. The molecular formula is C16H27IN4O2. The van der Waals surface area contributed by atoms with Gasteiger partial charge in [0.2, 0.25) is 0 Å². The van der Waals surface area contributed by atoms with Crippen LogP contribution in [-0.2, 0) is 11.3 Å². The van der Waals surface area contributed by atoms with E-state index in [2.05, 4.69) is 20.9 Å². The summed E-state index contributed by atoms with van der Waals surface area (Å²) in [6.07, 6.45) is 0. The van der Waals surface area contributed by atoms with Gasteiger partial charge in [-0.15, -0.1) is 24.0 Å². The molecule has 0 saturated heterocycles. The number of nitrogens with zero attached hydrogens (tertiary/aromatic N) is 1. The quantitative estimate of drug-likeness (QED) is 0.363. The van der Waals surface area contributed by atoms with Crippen molar-refractivity contribution in [3.8, 4) is 0 Å². The van der Waals surface area contributed by atoms with E-state index in [1.54, 1.807) is 33.3 Å². The second-order valence-corrected chi connectivity index (χ2v) is 5.52. The highest BCUT2D eigenvalue weighted by Crippen LogP contribution is 2.05. The first-order chi connectivity index (χ1) is 10.4. The van der Waals surface area contributed by atoms with E-state index in [0.717, 1.165) is 5.56 Å². The van der Waals surface area contributed by atoms with Crippen molar-refractivity contribution in [1.29, 1.82) is 0 Å². The zero-order chi connectivity index (χ0) is 16.6. The Kier molecular flexibility index (Phi) is 9.82. The molecule has 0 unspecified atom stereocenters. The molecule has 0 aromatic heterocycles. The second-order valence-electron chi connectivity index (χ2n) is 5.52. The number of benzene rings is 1. The van der Waals surface area contributed by atoms with Crippen LogP contribution >= 0.6 is 24.0 Å². The van der Waals surface area contributed by atoms with E-state index >= 15 is 0 Å². The van der Waals surface area contributed by atoms with E-state index in [0.29, 0.717) is 24.6 Å². The molecule has 0 bridgehead atoms. The number of hydrogen-bond donors (Lipinski definition) is 3. The summed E-state index contributed by atoms with van der Waals surface area (Å²) in [5, 5.41) is 9.05. The van der Waals surface area contributed by atoms with Crippen LogP contribution in [0, 0.1) is 0 Å². The van der Waals surface area contributed by atoms with E-state index in [1.165, 1.54) is 0 Å². The van der Waals surface area contributed by atoms with Crippen LogP contribution in [0.25, 0.3) is 0 Å². The van der Waals surface area contributed by atoms with Crippen molar-refractivity contribution in [2.75, 3.05) is 27.7 Å². The van der Waals surface area contributed by atoms with E-state index in [9.17, 15) is 4.79 Å². The third kappa shape index (κ3) is 7.65. The number of carbonyl (C=O) groups excluding carboxylic acids is 1.